The lowest BCUT2D eigenvalue weighted by Gasteiger charge is -2.37. The van der Waals surface area contributed by atoms with Gasteiger partial charge in [0.15, 0.2) is 0 Å². The Bertz CT molecular complexity index is 481. The van der Waals surface area contributed by atoms with Gasteiger partial charge in [-0.25, -0.2) is 0 Å². The largest absolute Gasteiger partial charge is 0.279 e. The van der Waals surface area contributed by atoms with E-state index in [4.69, 9.17) is 0 Å². The highest BCUT2D eigenvalue weighted by Crippen LogP contribution is 2.29. The van der Waals surface area contributed by atoms with Crippen molar-refractivity contribution in [2.75, 3.05) is 7.05 Å². The van der Waals surface area contributed by atoms with Crippen LogP contribution in [-0.2, 0) is 6.54 Å². The van der Waals surface area contributed by atoms with Gasteiger partial charge < -0.3 is 0 Å². The minimum Gasteiger partial charge on any atom is -0.279 e. The summed E-state index contributed by atoms with van der Waals surface area (Å²) in [5, 5.41) is 0. The molecule has 0 spiro atoms. The highest BCUT2D eigenvalue weighted by atomic mass is 79.9. The number of para-hydroxylation sites is 1. The van der Waals surface area contributed by atoms with E-state index >= 15 is 0 Å². The van der Waals surface area contributed by atoms with Crippen molar-refractivity contribution >= 4 is 21.6 Å². The molecule has 0 aliphatic rings. The van der Waals surface area contributed by atoms with Gasteiger partial charge in [-0.15, -0.1) is 0 Å². The summed E-state index contributed by atoms with van der Waals surface area (Å²) >= 11 is 3.76. The summed E-state index contributed by atoms with van der Waals surface area (Å²) in [4.78, 5) is 0.361. The van der Waals surface area contributed by atoms with Crippen molar-refractivity contribution in [3.63, 3.8) is 0 Å². The van der Waals surface area contributed by atoms with Gasteiger partial charge in [0, 0.05) is 5.56 Å². The van der Waals surface area contributed by atoms with Gasteiger partial charge in [-0.3, -0.25) is 4.48 Å². The molecule has 2 heteroatoms. The number of hydrogen-bond acceptors (Lipinski definition) is 0. The maximum absolute atomic E-state index is 3.76. The molecule has 2 rings (SSSR count). The van der Waals surface area contributed by atoms with Gasteiger partial charge >= 0.3 is 0 Å². The number of halogens is 1. The number of benzene rings is 2. The van der Waals surface area contributed by atoms with E-state index in [1.54, 1.807) is 0 Å². The van der Waals surface area contributed by atoms with Crippen molar-refractivity contribution in [1.82, 2.24) is 4.48 Å². The van der Waals surface area contributed by atoms with E-state index in [0.717, 1.165) is 11.0 Å². The van der Waals surface area contributed by atoms with Crippen LogP contribution in [0.5, 0.6) is 0 Å². The van der Waals surface area contributed by atoms with Gasteiger partial charge in [0.25, 0.3) is 0 Å². The quantitative estimate of drug-likeness (QED) is 0.441. The molecule has 2 aromatic carbocycles. The Kier molecular flexibility index (Phi) is 4.20. The third kappa shape index (κ3) is 2.82. The number of hydrogen-bond donors (Lipinski definition) is 0. The summed E-state index contributed by atoms with van der Waals surface area (Å²) in [7, 11) is 2.27. The molecule has 0 aliphatic carbocycles. The monoisotopic (exact) mass is 304 g/mol. The lowest BCUT2D eigenvalue weighted by Crippen LogP contribution is -2.48. The zero-order valence-corrected chi connectivity index (χ0v) is 12.5. The summed E-state index contributed by atoms with van der Waals surface area (Å²) in [6.07, 6.45) is 0. The average molecular weight is 305 g/mol. The van der Waals surface area contributed by atoms with E-state index in [2.05, 4.69) is 90.6 Å². The average Bonchev–Trinajstić information content (AvgIpc) is 2.40. The van der Waals surface area contributed by atoms with E-state index in [9.17, 15) is 0 Å². The van der Waals surface area contributed by atoms with Gasteiger partial charge in [0.2, 0.25) is 0 Å². The zero-order valence-electron chi connectivity index (χ0n) is 10.9. The van der Waals surface area contributed by atoms with Crippen LogP contribution < -0.4 is 4.48 Å². The second-order valence-electron chi connectivity index (χ2n) is 4.82. The third-order valence-electron chi connectivity index (χ3n) is 3.49. The summed E-state index contributed by atoms with van der Waals surface area (Å²) < 4.78 is 0.852. The molecular weight excluding hydrogens is 286 g/mol. The molecule has 1 nitrogen and oxygen atoms in total. The number of quaternary nitrogens is 1. The fourth-order valence-electron chi connectivity index (χ4n) is 2.15. The van der Waals surface area contributed by atoms with E-state index < -0.39 is 0 Å². The highest BCUT2D eigenvalue weighted by Gasteiger charge is 2.30. The Balaban J connectivity index is 2.34. The molecule has 94 valence electrons. The minimum atomic E-state index is 0.361. The Morgan fingerprint density at radius 1 is 0.944 bits per heavy atom. The molecule has 0 aromatic heterocycles. The van der Waals surface area contributed by atoms with Crippen LogP contribution in [-0.4, -0.2) is 12.0 Å². The molecule has 0 amide bonds. The van der Waals surface area contributed by atoms with Crippen LogP contribution in [0.3, 0.4) is 0 Å². The van der Waals surface area contributed by atoms with Crippen LogP contribution in [0, 0.1) is 0 Å². The lowest BCUT2D eigenvalue weighted by atomic mass is 10.1. The van der Waals surface area contributed by atoms with Gasteiger partial charge in [0.1, 0.15) is 17.2 Å². The van der Waals surface area contributed by atoms with Crippen LogP contribution in [0.15, 0.2) is 60.7 Å². The number of rotatable bonds is 4. The molecule has 18 heavy (non-hydrogen) atoms. The molecule has 0 saturated carbocycles. The Labute approximate surface area is 118 Å². The normalized spacial score (nSPS) is 15.9. The summed E-state index contributed by atoms with van der Waals surface area (Å²) in [6.45, 7) is 3.19. The molecule has 2 aromatic rings. The minimum absolute atomic E-state index is 0.361. The summed E-state index contributed by atoms with van der Waals surface area (Å²) in [5.74, 6) is 0. The molecule has 0 saturated heterocycles. The van der Waals surface area contributed by atoms with Crippen molar-refractivity contribution in [3.05, 3.63) is 66.2 Å². The number of alkyl halides is 1. The van der Waals surface area contributed by atoms with Crippen molar-refractivity contribution in [2.24, 2.45) is 0 Å². The first kappa shape index (κ1) is 13.3. The fraction of sp³-hybridized carbons (Fsp3) is 0.250. The van der Waals surface area contributed by atoms with Crippen LogP contribution >= 0.6 is 15.9 Å². The third-order valence-corrected chi connectivity index (χ3v) is 4.39. The van der Waals surface area contributed by atoms with E-state index in [0.29, 0.717) is 4.95 Å². The molecule has 0 N–H and O–H groups in total. The van der Waals surface area contributed by atoms with Crippen molar-refractivity contribution in [2.45, 2.75) is 18.4 Å². The molecule has 2 atom stereocenters. The Hall–Kier alpha value is -1.12. The highest BCUT2D eigenvalue weighted by molar-refractivity contribution is 9.09. The molecular formula is C16H19BrN+. The topological polar surface area (TPSA) is 0 Å². The molecule has 0 bridgehead atoms. The van der Waals surface area contributed by atoms with Gasteiger partial charge in [-0.2, -0.15) is 0 Å². The first-order valence-corrected chi connectivity index (χ1v) is 7.13. The smallest absolute Gasteiger partial charge is 0.146 e. The molecule has 0 aliphatic heterocycles. The number of nitrogens with zero attached hydrogens (tertiary/aromatic N) is 1. The first-order valence-electron chi connectivity index (χ1n) is 6.22. The van der Waals surface area contributed by atoms with Crippen LogP contribution in [0.2, 0.25) is 0 Å². The fourth-order valence-corrected chi connectivity index (χ4v) is 2.53. The van der Waals surface area contributed by atoms with Crippen LogP contribution in [0.4, 0.5) is 5.69 Å². The molecule has 0 radical (unpaired) electrons. The molecule has 0 fully saturated rings. The van der Waals surface area contributed by atoms with Crippen molar-refractivity contribution in [3.8, 4) is 0 Å². The Morgan fingerprint density at radius 2 is 1.44 bits per heavy atom. The van der Waals surface area contributed by atoms with Crippen molar-refractivity contribution in [1.29, 1.82) is 0 Å². The van der Waals surface area contributed by atoms with E-state index in [-0.39, 0.29) is 0 Å². The van der Waals surface area contributed by atoms with E-state index in [1.807, 2.05) is 0 Å². The summed E-state index contributed by atoms with van der Waals surface area (Å²) in [5.41, 5.74) is 2.68. The molecule has 0 heterocycles. The second kappa shape index (κ2) is 5.68. The molecule has 1 unspecified atom stereocenters. The van der Waals surface area contributed by atoms with Crippen LogP contribution in [0.25, 0.3) is 0 Å². The lowest BCUT2D eigenvalue weighted by molar-refractivity contribution is 0.319. The van der Waals surface area contributed by atoms with Gasteiger partial charge in [-0.05, 0) is 35.0 Å². The zero-order chi connectivity index (χ0) is 13.0. The second-order valence-corrected chi connectivity index (χ2v) is 6.15. The maximum Gasteiger partial charge on any atom is 0.146 e. The van der Waals surface area contributed by atoms with Crippen LogP contribution in [0.1, 0.15) is 12.5 Å². The predicted octanol–water partition coefficient (Wildman–Crippen LogP) is 4.56. The summed E-state index contributed by atoms with van der Waals surface area (Å²) in [6, 6.07) is 21.3. The standard InChI is InChI=1S/C16H19BrN/c1-14(17)18(2,16-11-7-4-8-12-16)13-15-9-5-3-6-10-15/h3-12,14H,13H2,1-2H3/q+1/t14?,18-/m0/s1. The maximum atomic E-state index is 3.76. The van der Waals surface area contributed by atoms with Crippen molar-refractivity contribution < 1.29 is 0 Å². The van der Waals surface area contributed by atoms with E-state index in [1.165, 1.54) is 11.3 Å². The Morgan fingerprint density at radius 3 is 1.94 bits per heavy atom. The van der Waals surface area contributed by atoms with Gasteiger partial charge in [-0.1, -0.05) is 48.5 Å². The first-order chi connectivity index (χ1) is 8.63. The SMILES string of the molecule is CC(Br)[N@+](C)(Cc1ccccc1)c1ccccc1. The predicted molar refractivity (Wildman–Crippen MR) is 82.7 cm³/mol. The van der Waals surface area contributed by atoms with Gasteiger partial charge in [0.05, 0.1) is 7.05 Å².